The van der Waals surface area contributed by atoms with Crippen LogP contribution in [0.2, 0.25) is 0 Å². The summed E-state index contributed by atoms with van der Waals surface area (Å²) in [6, 6.07) is 17.7. The number of sulfonamides is 1. The first kappa shape index (κ1) is 25.2. The third-order valence-electron chi connectivity index (χ3n) is 4.77. The molecule has 0 fully saturated rings. The maximum Gasteiger partial charge on any atom is 0.289 e. The molecule has 0 aliphatic carbocycles. The number of rotatable bonds is 10. The number of amides is 1. The molecule has 3 aromatic carbocycles. The maximum atomic E-state index is 13.4. The van der Waals surface area contributed by atoms with E-state index in [0.717, 1.165) is 16.4 Å². The highest BCUT2D eigenvalue weighted by atomic mass is 32.2. The van der Waals surface area contributed by atoms with Gasteiger partial charge in [0.1, 0.15) is 6.54 Å². The average Bonchev–Trinajstić information content (AvgIpc) is 2.87. The number of nitrogens with zero attached hydrogens (tertiary/aromatic N) is 3. The fraction of sp³-hybridized carbons (Fsp3) is 0.130. The van der Waals surface area contributed by atoms with Gasteiger partial charge in [-0.2, -0.15) is 5.10 Å². The molecular weight excluding hydrogens is 476 g/mol. The lowest BCUT2D eigenvalue weighted by molar-refractivity contribution is -0.387. The van der Waals surface area contributed by atoms with Crippen LogP contribution in [0.25, 0.3) is 0 Å². The summed E-state index contributed by atoms with van der Waals surface area (Å²) in [5.41, 5.74) is 2.43. The van der Waals surface area contributed by atoms with Gasteiger partial charge < -0.3 is 9.47 Å². The number of nitrogens with one attached hydrogen (secondary N) is 1. The Balaban J connectivity index is 1.85. The van der Waals surface area contributed by atoms with Gasteiger partial charge in [0.25, 0.3) is 21.6 Å². The van der Waals surface area contributed by atoms with Crippen molar-refractivity contribution in [1.29, 1.82) is 0 Å². The molecule has 0 saturated carbocycles. The standard InChI is InChI=1S/C23H22N4O7S/c1-33-20-13-12-17(14-21(20)34-2)15-24-25-23(28)16-26(18-8-4-3-5-9-18)35(31,32)22-11-7-6-10-19(22)27(29)30/h3-15H,16H2,1-2H3,(H,25,28)/b24-15+. The number of benzene rings is 3. The van der Waals surface area contributed by atoms with Crippen LogP contribution in [-0.4, -0.2) is 46.2 Å². The summed E-state index contributed by atoms with van der Waals surface area (Å²) in [5, 5.41) is 15.3. The molecule has 3 rings (SSSR count). The number of hydrogen-bond donors (Lipinski definition) is 1. The summed E-state index contributed by atoms with van der Waals surface area (Å²) in [6.45, 7) is -0.665. The van der Waals surface area contributed by atoms with Gasteiger partial charge in [-0.15, -0.1) is 0 Å². The molecule has 12 heteroatoms. The Morgan fingerprint density at radius 2 is 1.69 bits per heavy atom. The Hall–Kier alpha value is -4.45. The van der Waals surface area contributed by atoms with E-state index in [-0.39, 0.29) is 5.69 Å². The third kappa shape index (κ3) is 5.92. The Labute approximate surface area is 201 Å². The first-order valence-electron chi connectivity index (χ1n) is 10.1. The van der Waals surface area contributed by atoms with E-state index >= 15 is 0 Å². The van der Waals surface area contributed by atoms with Gasteiger partial charge in [0.05, 0.1) is 31.0 Å². The van der Waals surface area contributed by atoms with Crippen molar-refractivity contribution in [3.63, 3.8) is 0 Å². The third-order valence-corrected chi connectivity index (χ3v) is 6.59. The lowest BCUT2D eigenvalue weighted by Crippen LogP contribution is -2.39. The summed E-state index contributed by atoms with van der Waals surface area (Å²) in [5.74, 6) is 0.230. The monoisotopic (exact) mass is 498 g/mol. The molecule has 0 heterocycles. The number of carbonyl (C=O) groups is 1. The molecule has 182 valence electrons. The van der Waals surface area contributed by atoms with E-state index in [1.165, 1.54) is 44.7 Å². The number of nitro groups is 1. The van der Waals surface area contributed by atoms with E-state index in [0.29, 0.717) is 17.1 Å². The number of anilines is 1. The molecule has 0 aliphatic heterocycles. The number of para-hydroxylation sites is 2. The first-order chi connectivity index (χ1) is 16.8. The fourth-order valence-corrected chi connectivity index (χ4v) is 4.71. The second kappa shape index (κ2) is 11.1. The first-order valence-corrected chi connectivity index (χ1v) is 11.6. The Morgan fingerprint density at radius 3 is 2.34 bits per heavy atom. The molecule has 3 aromatic rings. The van der Waals surface area contributed by atoms with Crippen LogP contribution in [0.1, 0.15) is 5.56 Å². The summed E-state index contributed by atoms with van der Waals surface area (Å²) >= 11 is 0. The highest BCUT2D eigenvalue weighted by Crippen LogP contribution is 2.30. The zero-order valence-corrected chi connectivity index (χ0v) is 19.6. The summed E-state index contributed by atoms with van der Waals surface area (Å²) in [6.07, 6.45) is 1.35. The average molecular weight is 499 g/mol. The summed E-state index contributed by atoms with van der Waals surface area (Å²) in [4.78, 5) is 22.7. The predicted molar refractivity (Wildman–Crippen MR) is 129 cm³/mol. The number of methoxy groups -OCH3 is 2. The van der Waals surface area contributed by atoms with Crippen molar-refractivity contribution in [2.75, 3.05) is 25.1 Å². The van der Waals surface area contributed by atoms with Crippen LogP contribution in [0.3, 0.4) is 0 Å². The summed E-state index contributed by atoms with van der Waals surface area (Å²) in [7, 11) is -1.49. The smallest absolute Gasteiger partial charge is 0.289 e. The van der Waals surface area contributed by atoms with Crippen LogP contribution in [0.5, 0.6) is 11.5 Å². The van der Waals surface area contributed by atoms with Crippen LogP contribution >= 0.6 is 0 Å². The highest BCUT2D eigenvalue weighted by molar-refractivity contribution is 7.93. The van der Waals surface area contributed by atoms with Crippen molar-refractivity contribution >= 4 is 33.5 Å². The molecule has 35 heavy (non-hydrogen) atoms. The number of hydrogen-bond acceptors (Lipinski definition) is 8. The fourth-order valence-electron chi connectivity index (χ4n) is 3.13. The molecule has 1 amide bonds. The Morgan fingerprint density at radius 1 is 1.03 bits per heavy atom. The van der Waals surface area contributed by atoms with Gasteiger partial charge in [0.2, 0.25) is 0 Å². The van der Waals surface area contributed by atoms with Gasteiger partial charge in [0, 0.05) is 6.07 Å². The molecule has 0 radical (unpaired) electrons. The van der Waals surface area contributed by atoms with E-state index in [1.807, 2.05) is 0 Å². The van der Waals surface area contributed by atoms with Crippen molar-refractivity contribution in [2.24, 2.45) is 5.10 Å². The van der Waals surface area contributed by atoms with Crippen LogP contribution in [0.4, 0.5) is 11.4 Å². The zero-order chi connectivity index (χ0) is 25.4. The number of ether oxygens (including phenoxy) is 2. The molecule has 11 nitrogen and oxygen atoms in total. The quantitative estimate of drug-likeness (QED) is 0.257. The minimum Gasteiger partial charge on any atom is -0.493 e. The zero-order valence-electron chi connectivity index (χ0n) is 18.8. The predicted octanol–water partition coefficient (Wildman–Crippen LogP) is 2.96. The van der Waals surface area contributed by atoms with Gasteiger partial charge in [-0.3, -0.25) is 19.2 Å². The molecule has 0 aromatic heterocycles. The number of carbonyl (C=O) groups excluding carboxylic acids is 1. The van der Waals surface area contributed by atoms with Gasteiger partial charge in [-0.1, -0.05) is 30.3 Å². The lowest BCUT2D eigenvalue weighted by Gasteiger charge is -2.23. The number of nitro benzene ring substituents is 1. The van der Waals surface area contributed by atoms with E-state index in [2.05, 4.69) is 10.5 Å². The number of hydrazone groups is 1. The minimum absolute atomic E-state index is 0.157. The van der Waals surface area contributed by atoms with E-state index in [1.54, 1.807) is 36.4 Å². The molecule has 0 bridgehead atoms. The van der Waals surface area contributed by atoms with Gasteiger partial charge in [-0.05, 0) is 42.0 Å². The highest BCUT2D eigenvalue weighted by Gasteiger charge is 2.33. The van der Waals surface area contributed by atoms with E-state index in [9.17, 15) is 23.3 Å². The largest absolute Gasteiger partial charge is 0.493 e. The van der Waals surface area contributed by atoms with Gasteiger partial charge in [-0.25, -0.2) is 13.8 Å². The maximum absolute atomic E-state index is 13.4. The molecule has 0 aliphatic rings. The normalized spacial score (nSPS) is 11.1. The molecule has 0 spiro atoms. The van der Waals surface area contributed by atoms with E-state index in [4.69, 9.17) is 9.47 Å². The van der Waals surface area contributed by atoms with Crippen molar-refractivity contribution in [3.05, 3.63) is 88.5 Å². The Bertz CT molecular complexity index is 1340. The minimum atomic E-state index is -4.47. The molecule has 0 saturated heterocycles. The Kier molecular flexibility index (Phi) is 8.00. The van der Waals surface area contributed by atoms with Gasteiger partial charge >= 0.3 is 0 Å². The molecule has 0 atom stereocenters. The van der Waals surface area contributed by atoms with Crippen molar-refractivity contribution in [3.8, 4) is 11.5 Å². The van der Waals surface area contributed by atoms with Crippen LogP contribution in [0.15, 0.2) is 82.8 Å². The SMILES string of the molecule is COc1ccc(/C=N/NC(=O)CN(c2ccccc2)S(=O)(=O)c2ccccc2[N+](=O)[O-])cc1OC. The second-order valence-corrected chi connectivity index (χ2v) is 8.81. The van der Waals surface area contributed by atoms with Crippen molar-refractivity contribution in [2.45, 2.75) is 4.90 Å². The van der Waals surface area contributed by atoms with Crippen molar-refractivity contribution < 1.29 is 27.6 Å². The van der Waals surface area contributed by atoms with Gasteiger partial charge in [0.15, 0.2) is 16.4 Å². The van der Waals surface area contributed by atoms with Crippen LogP contribution in [0, 0.1) is 10.1 Å². The van der Waals surface area contributed by atoms with Crippen LogP contribution < -0.4 is 19.2 Å². The van der Waals surface area contributed by atoms with Crippen molar-refractivity contribution in [1.82, 2.24) is 5.43 Å². The molecule has 1 N–H and O–H groups in total. The molecular formula is C23H22N4O7S. The molecule has 0 unspecified atom stereocenters. The van der Waals surface area contributed by atoms with Crippen LogP contribution in [-0.2, 0) is 14.8 Å². The second-order valence-electron chi connectivity index (χ2n) is 6.98. The lowest BCUT2D eigenvalue weighted by atomic mass is 10.2. The van der Waals surface area contributed by atoms with E-state index < -0.39 is 38.0 Å². The topological polar surface area (TPSA) is 140 Å². The summed E-state index contributed by atoms with van der Waals surface area (Å²) < 4.78 is 38.0.